The summed E-state index contributed by atoms with van der Waals surface area (Å²) >= 11 is 1.27. The van der Waals surface area contributed by atoms with Gasteiger partial charge in [0.2, 0.25) is 17.7 Å². The number of anilines is 1. The molecule has 1 aliphatic carbocycles. The van der Waals surface area contributed by atoms with Crippen molar-refractivity contribution in [3.63, 3.8) is 0 Å². The molecule has 4 N–H and O–H groups in total. The predicted octanol–water partition coefficient (Wildman–Crippen LogP) is 1.83. The van der Waals surface area contributed by atoms with Gasteiger partial charge in [0.1, 0.15) is 0 Å². The van der Waals surface area contributed by atoms with Crippen LogP contribution in [-0.2, 0) is 14.4 Å². The number of nitrogens with one attached hydrogen (secondary N) is 2. The fourth-order valence-electron chi connectivity index (χ4n) is 2.92. The van der Waals surface area contributed by atoms with Gasteiger partial charge in [-0.3, -0.25) is 14.4 Å². The van der Waals surface area contributed by atoms with E-state index in [4.69, 9.17) is 5.73 Å². The quantitative estimate of drug-likeness (QED) is 0.688. The van der Waals surface area contributed by atoms with Crippen LogP contribution in [0.25, 0.3) is 0 Å². The maximum Gasteiger partial charge on any atom is 0.234 e. The Labute approximate surface area is 152 Å². The van der Waals surface area contributed by atoms with Crippen molar-refractivity contribution in [2.24, 2.45) is 11.7 Å². The van der Waals surface area contributed by atoms with Crippen LogP contribution in [0.2, 0.25) is 0 Å². The molecule has 1 aliphatic rings. The van der Waals surface area contributed by atoms with Crippen molar-refractivity contribution in [1.29, 1.82) is 0 Å². The van der Waals surface area contributed by atoms with E-state index < -0.39 is 0 Å². The third kappa shape index (κ3) is 6.78. The second kappa shape index (κ2) is 9.46. The lowest BCUT2D eigenvalue weighted by Crippen LogP contribution is -2.42. The molecule has 2 atom stereocenters. The molecule has 0 bridgehead atoms. The number of benzene rings is 1. The lowest BCUT2D eigenvalue weighted by molar-refractivity contribution is -0.124. The molecule has 1 aromatic rings. The summed E-state index contributed by atoms with van der Waals surface area (Å²) in [6.07, 6.45) is 3.17. The molecule has 0 radical (unpaired) electrons. The number of primary amides is 1. The van der Waals surface area contributed by atoms with Gasteiger partial charge >= 0.3 is 0 Å². The number of nitrogens with two attached hydrogens (primary N) is 1. The molecule has 6 nitrogen and oxygen atoms in total. The largest absolute Gasteiger partial charge is 0.369 e. The lowest BCUT2D eigenvalue weighted by atomic mass is 9.85. The second-order valence-electron chi connectivity index (χ2n) is 6.44. The summed E-state index contributed by atoms with van der Waals surface area (Å²) in [5, 5.41) is 5.73. The summed E-state index contributed by atoms with van der Waals surface area (Å²) in [5.41, 5.74) is 7.23. The SMILES string of the molecule is Cc1ccc(NC(=O)CSCC(=O)N[C@@H]2CCC[C@H](C(N)=O)C2)cc1. The van der Waals surface area contributed by atoms with Gasteiger partial charge in [0.25, 0.3) is 0 Å². The van der Waals surface area contributed by atoms with E-state index in [0.717, 1.165) is 30.5 Å². The van der Waals surface area contributed by atoms with Crippen molar-refractivity contribution in [1.82, 2.24) is 5.32 Å². The first-order valence-electron chi connectivity index (χ1n) is 8.47. The highest BCUT2D eigenvalue weighted by Crippen LogP contribution is 2.24. The molecule has 136 valence electrons. The van der Waals surface area contributed by atoms with Gasteiger partial charge in [-0.2, -0.15) is 0 Å². The molecule has 0 saturated heterocycles. The number of thioether (sulfide) groups is 1. The maximum atomic E-state index is 12.0. The highest BCUT2D eigenvalue weighted by molar-refractivity contribution is 8.00. The Hall–Kier alpha value is -2.02. The van der Waals surface area contributed by atoms with Crippen molar-refractivity contribution in [3.05, 3.63) is 29.8 Å². The minimum absolute atomic E-state index is 0.000680. The summed E-state index contributed by atoms with van der Waals surface area (Å²) in [7, 11) is 0. The summed E-state index contributed by atoms with van der Waals surface area (Å²) in [5.74, 6) is -0.237. The van der Waals surface area contributed by atoms with Crippen molar-refractivity contribution in [2.75, 3.05) is 16.8 Å². The average Bonchev–Trinajstić information content (AvgIpc) is 2.57. The molecule has 3 amide bonds. The van der Waals surface area contributed by atoms with E-state index in [9.17, 15) is 14.4 Å². The van der Waals surface area contributed by atoms with E-state index in [1.54, 1.807) is 0 Å². The second-order valence-corrected chi connectivity index (χ2v) is 7.42. The van der Waals surface area contributed by atoms with Crippen LogP contribution in [-0.4, -0.2) is 35.3 Å². The minimum atomic E-state index is -0.291. The van der Waals surface area contributed by atoms with Gasteiger partial charge in [-0.25, -0.2) is 0 Å². The van der Waals surface area contributed by atoms with Crippen molar-refractivity contribution in [3.8, 4) is 0 Å². The molecule has 0 aliphatic heterocycles. The zero-order valence-electron chi connectivity index (χ0n) is 14.4. The molecule has 1 saturated carbocycles. The first-order chi connectivity index (χ1) is 11.9. The Morgan fingerprint density at radius 3 is 2.48 bits per heavy atom. The molecule has 0 unspecified atom stereocenters. The Morgan fingerprint density at radius 2 is 1.80 bits per heavy atom. The number of hydrogen-bond acceptors (Lipinski definition) is 4. The van der Waals surface area contributed by atoms with E-state index in [1.165, 1.54) is 11.8 Å². The van der Waals surface area contributed by atoms with Crippen LogP contribution >= 0.6 is 11.8 Å². The smallest absolute Gasteiger partial charge is 0.234 e. The predicted molar refractivity (Wildman–Crippen MR) is 100 cm³/mol. The van der Waals surface area contributed by atoms with Crippen LogP contribution in [0.3, 0.4) is 0 Å². The van der Waals surface area contributed by atoms with Crippen LogP contribution < -0.4 is 16.4 Å². The molecular weight excluding hydrogens is 338 g/mol. The fraction of sp³-hybridized carbons (Fsp3) is 0.500. The highest BCUT2D eigenvalue weighted by Gasteiger charge is 2.26. The molecule has 1 fully saturated rings. The summed E-state index contributed by atoms with van der Waals surface area (Å²) in [6.45, 7) is 1.98. The molecule has 2 rings (SSSR count). The minimum Gasteiger partial charge on any atom is -0.369 e. The van der Waals surface area contributed by atoms with Crippen LogP contribution in [0, 0.1) is 12.8 Å². The average molecular weight is 363 g/mol. The Morgan fingerprint density at radius 1 is 1.12 bits per heavy atom. The van der Waals surface area contributed by atoms with Gasteiger partial charge in [0, 0.05) is 17.6 Å². The number of hydrogen-bond donors (Lipinski definition) is 3. The van der Waals surface area contributed by atoms with Crippen LogP contribution in [0.5, 0.6) is 0 Å². The van der Waals surface area contributed by atoms with Crippen molar-refractivity contribution < 1.29 is 14.4 Å². The summed E-state index contributed by atoms with van der Waals surface area (Å²) in [6, 6.07) is 7.56. The number of carbonyl (C=O) groups excluding carboxylic acids is 3. The zero-order chi connectivity index (χ0) is 18.2. The number of aryl methyl sites for hydroxylation is 1. The van der Waals surface area contributed by atoms with Gasteiger partial charge in [0.05, 0.1) is 11.5 Å². The first-order valence-corrected chi connectivity index (χ1v) is 9.62. The van der Waals surface area contributed by atoms with Gasteiger partial charge in [-0.05, 0) is 38.3 Å². The molecule has 0 spiro atoms. The van der Waals surface area contributed by atoms with Gasteiger partial charge in [-0.15, -0.1) is 11.8 Å². The van der Waals surface area contributed by atoms with Crippen LogP contribution in [0.1, 0.15) is 31.2 Å². The zero-order valence-corrected chi connectivity index (χ0v) is 15.2. The first kappa shape index (κ1) is 19.3. The van der Waals surface area contributed by atoms with E-state index in [1.807, 2.05) is 31.2 Å². The van der Waals surface area contributed by atoms with E-state index in [-0.39, 0.29) is 41.2 Å². The van der Waals surface area contributed by atoms with E-state index >= 15 is 0 Å². The van der Waals surface area contributed by atoms with Crippen molar-refractivity contribution >= 4 is 35.2 Å². The monoisotopic (exact) mass is 363 g/mol. The Kier molecular flexibility index (Phi) is 7.31. The number of amides is 3. The molecule has 1 aromatic carbocycles. The van der Waals surface area contributed by atoms with Crippen LogP contribution in [0.4, 0.5) is 5.69 Å². The normalized spacial score (nSPS) is 19.9. The number of carbonyl (C=O) groups is 3. The Bertz CT molecular complexity index is 618. The fourth-order valence-corrected chi connectivity index (χ4v) is 3.55. The Balaban J connectivity index is 1.65. The number of rotatable bonds is 7. The van der Waals surface area contributed by atoms with Gasteiger partial charge in [0.15, 0.2) is 0 Å². The molecule has 0 aromatic heterocycles. The van der Waals surface area contributed by atoms with Crippen LogP contribution in [0.15, 0.2) is 24.3 Å². The van der Waals surface area contributed by atoms with E-state index in [0.29, 0.717) is 6.42 Å². The molecule has 25 heavy (non-hydrogen) atoms. The standard InChI is InChI=1S/C18H25N3O3S/c1-12-5-7-14(8-6-12)20-16(22)10-25-11-17(23)21-15-4-2-3-13(9-15)18(19)24/h5-8,13,15H,2-4,9-11H2,1H3,(H2,19,24)(H,20,22)(H,21,23)/t13-,15+/m0/s1. The molecular formula is C18H25N3O3S. The summed E-state index contributed by atoms with van der Waals surface area (Å²) in [4.78, 5) is 35.1. The maximum absolute atomic E-state index is 12.0. The lowest BCUT2D eigenvalue weighted by Gasteiger charge is -2.27. The van der Waals surface area contributed by atoms with E-state index in [2.05, 4.69) is 10.6 Å². The highest BCUT2D eigenvalue weighted by atomic mass is 32.2. The van der Waals surface area contributed by atoms with Gasteiger partial charge in [-0.1, -0.05) is 24.1 Å². The third-order valence-corrected chi connectivity index (χ3v) is 5.18. The molecule has 0 heterocycles. The topological polar surface area (TPSA) is 101 Å². The molecule has 7 heteroatoms. The third-order valence-electron chi connectivity index (χ3n) is 4.24. The summed E-state index contributed by atoms with van der Waals surface area (Å²) < 4.78 is 0. The van der Waals surface area contributed by atoms with Crippen molar-refractivity contribution in [2.45, 2.75) is 38.6 Å². The van der Waals surface area contributed by atoms with Gasteiger partial charge < -0.3 is 16.4 Å².